The minimum absolute atomic E-state index is 0.0407. The Hall–Kier alpha value is -2.67. The Morgan fingerprint density at radius 1 is 1.10 bits per heavy atom. The largest absolute Gasteiger partial charge is 0.507 e. The van der Waals surface area contributed by atoms with Crippen LogP contribution in [0.4, 0.5) is 0 Å². The number of aromatic hydroxyl groups is 1. The number of rotatable bonds is 9. The van der Waals surface area contributed by atoms with Crippen LogP contribution in [0.3, 0.4) is 0 Å². The summed E-state index contributed by atoms with van der Waals surface area (Å²) in [5, 5.41) is 13.2. The van der Waals surface area contributed by atoms with Gasteiger partial charge in [0.25, 0.3) is 0 Å². The monoisotopic (exact) mass is 431 g/mol. The number of ketones is 1. The predicted octanol–water partition coefficient (Wildman–Crippen LogP) is 4.42. The smallest absolute Gasteiger partial charge is 0.342 e. The van der Waals surface area contributed by atoms with E-state index in [2.05, 4.69) is 5.32 Å². The Morgan fingerprint density at radius 3 is 2.40 bits per heavy atom. The van der Waals surface area contributed by atoms with Gasteiger partial charge in [-0.25, -0.2) is 4.79 Å². The number of phenols is 1. The fourth-order valence-corrected chi connectivity index (χ4v) is 3.84. The van der Waals surface area contributed by atoms with Crippen molar-refractivity contribution in [2.75, 3.05) is 13.2 Å². The number of esters is 1. The second-order valence-corrected chi connectivity index (χ2v) is 8.98. The fraction of sp³-hybridized carbons (Fsp3) is 0.435. The first kappa shape index (κ1) is 23.6. The molecule has 0 aliphatic carbocycles. The van der Waals surface area contributed by atoms with Gasteiger partial charge in [0.15, 0.2) is 6.61 Å². The fourth-order valence-electron chi connectivity index (χ4n) is 2.91. The van der Waals surface area contributed by atoms with Crippen LogP contribution in [-0.4, -0.2) is 35.9 Å². The number of hydrogen-bond acceptors (Lipinski definition) is 6. The summed E-state index contributed by atoms with van der Waals surface area (Å²) in [6, 6.07) is 7.05. The molecule has 2 N–H and O–H groups in total. The average Bonchev–Trinajstić information content (AvgIpc) is 3.14. The van der Waals surface area contributed by atoms with Gasteiger partial charge in [0.1, 0.15) is 11.3 Å². The molecular weight excluding hydrogens is 402 g/mol. The molecule has 0 unspecified atom stereocenters. The molecule has 162 valence electrons. The minimum atomic E-state index is -0.715. The average molecular weight is 432 g/mol. The van der Waals surface area contributed by atoms with Crippen molar-refractivity contribution in [1.82, 2.24) is 5.32 Å². The molecule has 7 heteroatoms. The lowest BCUT2D eigenvalue weighted by Crippen LogP contribution is -2.22. The van der Waals surface area contributed by atoms with Crippen molar-refractivity contribution in [3.63, 3.8) is 0 Å². The van der Waals surface area contributed by atoms with E-state index in [1.165, 1.54) is 18.3 Å². The zero-order valence-corrected chi connectivity index (χ0v) is 18.9. The number of phenolic OH excluding ortho intramolecular Hbond substituents is 1. The Bertz CT molecular complexity index is 930. The third-order valence-electron chi connectivity index (χ3n) is 4.69. The third kappa shape index (κ3) is 6.16. The number of ether oxygens (including phenoxy) is 1. The number of hydrogen-bond donors (Lipinski definition) is 2. The maximum atomic E-state index is 12.6. The van der Waals surface area contributed by atoms with E-state index >= 15 is 0 Å². The van der Waals surface area contributed by atoms with E-state index in [-0.39, 0.29) is 34.8 Å². The van der Waals surface area contributed by atoms with Crippen LogP contribution in [0.1, 0.15) is 82.5 Å². The third-order valence-corrected chi connectivity index (χ3v) is 5.87. The number of carbonyl (C=O) groups excluding carboxylic acids is 3. The zero-order chi connectivity index (χ0) is 22.4. The predicted molar refractivity (Wildman–Crippen MR) is 118 cm³/mol. The second-order valence-electron chi connectivity index (χ2n) is 7.81. The molecule has 0 aliphatic rings. The highest BCUT2D eigenvalue weighted by molar-refractivity contribution is 7.14. The number of amides is 1. The molecule has 0 saturated heterocycles. The number of Topliss-reactive ketones (excluding diaryl/α,β-unsaturated/α-hetero) is 1. The van der Waals surface area contributed by atoms with E-state index in [0.717, 1.165) is 10.4 Å². The lowest BCUT2D eigenvalue weighted by molar-refractivity contribution is -0.118. The van der Waals surface area contributed by atoms with Gasteiger partial charge in [-0.15, -0.1) is 11.3 Å². The molecule has 0 bridgehead atoms. The molecule has 2 aromatic rings. The normalized spacial score (nSPS) is 11.0. The van der Waals surface area contributed by atoms with Gasteiger partial charge in [0.2, 0.25) is 11.7 Å². The van der Waals surface area contributed by atoms with Crippen molar-refractivity contribution < 1.29 is 24.2 Å². The van der Waals surface area contributed by atoms with E-state index in [0.29, 0.717) is 23.4 Å². The van der Waals surface area contributed by atoms with Crippen LogP contribution in [0.5, 0.6) is 5.75 Å². The lowest BCUT2D eigenvalue weighted by atomic mass is 9.92. The summed E-state index contributed by atoms with van der Waals surface area (Å²) >= 11 is 1.31. The summed E-state index contributed by atoms with van der Waals surface area (Å²) in [5.41, 5.74) is 1.69. The van der Waals surface area contributed by atoms with Crippen molar-refractivity contribution in [2.45, 2.75) is 52.9 Å². The molecule has 1 heterocycles. The Morgan fingerprint density at radius 2 is 1.80 bits per heavy atom. The maximum absolute atomic E-state index is 12.6. The van der Waals surface area contributed by atoms with Gasteiger partial charge < -0.3 is 15.2 Å². The van der Waals surface area contributed by atoms with E-state index in [9.17, 15) is 19.5 Å². The molecule has 0 spiro atoms. The van der Waals surface area contributed by atoms with Gasteiger partial charge in [-0.1, -0.05) is 33.8 Å². The van der Waals surface area contributed by atoms with Crippen LogP contribution >= 0.6 is 11.3 Å². The van der Waals surface area contributed by atoms with Gasteiger partial charge in [-0.05, 0) is 47.6 Å². The highest BCUT2D eigenvalue weighted by Gasteiger charge is 2.21. The van der Waals surface area contributed by atoms with Crippen LogP contribution in [-0.2, 0) is 16.0 Å². The first-order valence-electron chi connectivity index (χ1n) is 10.00. The SMILES string of the molecule is CC(=O)NCCc1ccc(C(=O)COC(=O)c2cc(C(C)C)cc(C(C)C)c2O)s1. The topological polar surface area (TPSA) is 92.7 Å². The van der Waals surface area contributed by atoms with Gasteiger partial charge in [-0.3, -0.25) is 9.59 Å². The number of thiophene rings is 1. The van der Waals surface area contributed by atoms with Crippen LogP contribution in [0, 0.1) is 0 Å². The molecule has 30 heavy (non-hydrogen) atoms. The Labute approximate surface area is 181 Å². The summed E-state index contributed by atoms with van der Waals surface area (Å²) in [5.74, 6) is -0.990. The second kappa shape index (κ2) is 10.4. The molecule has 1 aromatic heterocycles. The molecule has 1 aromatic carbocycles. The summed E-state index contributed by atoms with van der Waals surface area (Å²) in [7, 11) is 0. The van der Waals surface area contributed by atoms with E-state index < -0.39 is 12.6 Å². The van der Waals surface area contributed by atoms with Crippen molar-refractivity contribution in [3.8, 4) is 5.75 Å². The van der Waals surface area contributed by atoms with E-state index in [4.69, 9.17) is 4.74 Å². The minimum Gasteiger partial charge on any atom is -0.507 e. The van der Waals surface area contributed by atoms with Crippen LogP contribution in [0.2, 0.25) is 0 Å². The molecule has 0 aliphatic heterocycles. The van der Waals surface area contributed by atoms with Gasteiger partial charge in [0.05, 0.1) is 4.88 Å². The maximum Gasteiger partial charge on any atom is 0.342 e. The Balaban J connectivity index is 2.06. The summed E-state index contributed by atoms with van der Waals surface area (Å²) in [6.45, 7) is 9.46. The number of carbonyl (C=O) groups is 3. The zero-order valence-electron chi connectivity index (χ0n) is 18.1. The quantitative estimate of drug-likeness (QED) is 0.453. The Kier molecular flexibility index (Phi) is 8.17. The molecule has 2 rings (SSSR count). The molecule has 1 amide bonds. The molecule has 6 nitrogen and oxygen atoms in total. The first-order chi connectivity index (χ1) is 14.1. The molecular formula is C23H29NO5S. The van der Waals surface area contributed by atoms with E-state index in [1.54, 1.807) is 12.1 Å². The van der Waals surface area contributed by atoms with Crippen LogP contribution in [0.15, 0.2) is 24.3 Å². The highest BCUT2D eigenvalue weighted by Crippen LogP contribution is 2.33. The molecule has 0 atom stereocenters. The lowest BCUT2D eigenvalue weighted by Gasteiger charge is -2.16. The number of nitrogens with one attached hydrogen (secondary N) is 1. The van der Waals surface area contributed by atoms with Crippen molar-refractivity contribution >= 4 is 29.0 Å². The van der Waals surface area contributed by atoms with Gasteiger partial charge in [0, 0.05) is 18.3 Å². The van der Waals surface area contributed by atoms with Crippen molar-refractivity contribution in [1.29, 1.82) is 0 Å². The van der Waals surface area contributed by atoms with Crippen molar-refractivity contribution in [3.05, 3.63) is 50.7 Å². The summed E-state index contributed by atoms with van der Waals surface area (Å²) < 4.78 is 5.22. The molecule has 0 saturated carbocycles. The summed E-state index contributed by atoms with van der Waals surface area (Å²) in [6.07, 6.45) is 0.630. The van der Waals surface area contributed by atoms with Gasteiger partial charge >= 0.3 is 5.97 Å². The first-order valence-corrected chi connectivity index (χ1v) is 10.8. The van der Waals surface area contributed by atoms with Crippen molar-refractivity contribution in [2.24, 2.45) is 0 Å². The van der Waals surface area contributed by atoms with Crippen LogP contribution < -0.4 is 5.32 Å². The number of benzene rings is 1. The van der Waals surface area contributed by atoms with Gasteiger partial charge in [-0.2, -0.15) is 0 Å². The molecule has 0 radical (unpaired) electrons. The molecule has 0 fully saturated rings. The summed E-state index contributed by atoms with van der Waals surface area (Å²) in [4.78, 5) is 37.4. The van der Waals surface area contributed by atoms with Crippen LogP contribution in [0.25, 0.3) is 0 Å². The standard InChI is InChI=1S/C23H29NO5S/c1-13(2)16-10-18(14(3)4)22(27)19(11-16)23(28)29-12-20(26)21-7-6-17(30-21)8-9-24-15(5)25/h6-7,10-11,13-14,27H,8-9,12H2,1-5H3,(H,24,25). The highest BCUT2D eigenvalue weighted by atomic mass is 32.1. The van der Waals surface area contributed by atoms with E-state index in [1.807, 2.05) is 39.8 Å².